The van der Waals surface area contributed by atoms with E-state index in [2.05, 4.69) is 42.7 Å². The largest absolute Gasteiger partial charge is 0.300 e. The summed E-state index contributed by atoms with van der Waals surface area (Å²) in [6.07, 6.45) is 6.76. The monoisotopic (exact) mass is 283 g/mol. The summed E-state index contributed by atoms with van der Waals surface area (Å²) in [6, 6.07) is 2.70. The molecule has 0 bridgehead atoms. The van der Waals surface area contributed by atoms with Crippen molar-refractivity contribution in [3.8, 4) is 0 Å². The number of alkyl halides is 1. The number of nitrogens with zero attached hydrogens (tertiary/aromatic N) is 3. The molecule has 1 aliphatic rings. The van der Waals surface area contributed by atoms with Crippen LogP contribution in [0.2, 0.25) is 0 Å². The van der Waals surface area contributed by atoms with Crippen LogP contribution in [0.5, 0.6) is 0 Å². The molecule has 2 rings (SSSR count). The van der Waals surface area contributed by atoms with E-state index in [1.807, 2.05) is 0 Å². The molecule has 108 valence electrons. The molecule has 0 aliphatic heterocycles. The van der Waals surface area contributed by atoms with E-state index in [0.717, 1.165) is 31.8 Å². The van der Waals surface area contributed by atoms with Crippen LogP contribution in [0.25, 0.3) is 0 Å². The minimum Gasteiger partial charge on any atom is -0.300 e. The van der Waals surface area contributed by atoms with Gasteiger partial charge in [-0.25, -0.2) is 0 Å². The molecule has 1 aliphatic carbocycles. The van der Waals surface area contributed by atoms with Crippen LogP contribution in [-0.4, -0.2) is 33.6 Å². The molecule has 0 radical (unpaired) electrons. The van der Waals surface area contributed by atoms with Gasteiger partial charge in [-0.15, -0.1) is 11.6 Å². The van der Waals surface area contributed by atoms with Crippen molar-refractivity contribution in [2.45, 2.75) is 57.5 Å². The van der Waals surface area contributed by atoms with Gasteiger partial charge >= 0.3 is 0 Å². The second-order valence-electron chi connectivity index (χ2n) is 5.89. The second kappa shape index (κ2) is 6.76. The molecular formula is C15H26ClN3. The van der Waals surface area contributed by atoms with E-state index in [0.29, 0.717) is 11.4 Å². The fraction of sp³-hybridized carbons (Fsp3) is 0.800. The SMILES string of the molecule is CCC(CC)n1ccc(CN(C)CC2CC(Cl)C2)n1. The van der Waals surface area contributed by atoms with Crippen LogP contribution in [0.3, 0.4) is 0 Å². The lowest BCUT2D eigenvalue weighted by atomic mass is 9.84. The van der Waals surface area contributed by atoms with Crippen LogP contribution in [0.15, 0.2) is 12.3 Å². The molecule has 19 heavy (non-hydrogen) atoms. The Morgan fingerprint density at radius 3 is 2.68 bits per heavy atom. The zero-order valence-electron chi connectivity index (χ0n) is 12.3. The average Bonchev–Trinajstić information content (AvgIpc) is 2.77. The van der Waals surface area contributed by atoms with E-state index >= 15 is 0 Å². The van der Waals surface area contributed by atoms with Gasteiger partial charge in [-0.2, -0.15) is 5.10 Å². The summed E-state index contributed by atoms with van der Waals surface area (Å²) in [4.78, 5) is 2.37. The summed E-state index contributed by atoms with van der Waals surface area (Å²) < 4.78 is 2.13. The lowest BCUT2D eigenvalue weighted by Crippen LogP contribution is -2.34. The zero-order valence-corrected chi connectivity index (χ0v) is 13.1. The average molecular weight is 284 g/mol. The van der Waals surface area contributed by atoms with Crippen molar-refractivity contribution in [1.29, 1.82) is 0 Å². The molecule has 1 aromatic rings. The molecule has 0 saturated heterocycles. The van der Waals surface area contributed by atoms with Gasteiger partial charge in [0.25, 0.3) is 0 Å². The van der Waals surface area contributed by atoms with Gasteiger partial charge in [0.05, 0.1) is 11.7 Å². The maximum atomic E-state index is 6.02. The van der Waals surface area contributed by atoms with Crippen molar-refractivity contribution in [1.82, 2.24) is 14.7 Å². The molecule has 1 saturated carbocycles. The molecule has 0 amide bonds. The Kier molecular flexibility index (Phi) is 5.28. The Labute approximate surface area is 121 Å². The van der Waals surface area contributed by atoms with Crippen LogP contribution < -0.4 is 0 Å². The van der Waals surface area contributed by atoms with Gasteiger partial charge in [-0.3, -0.25) is 4.68 Å². The highest BCUT2D eigenvalue weighted by molar-refractivity contribution is 6.21. The van der Waals surface area contributed by atoms with Crippen molar-refractivity contribution >= 4 is 11.6 Å². The Morgan fingerprint density at radius 2 is 2.11 bits per heavy atom. The summed E-state index contributed by atoms with van der Waals surface area (Å²) in [5.74, 6) is 0.786. The highest BCUT2D eigenvalue weighted by atomic mass is 35.5. The molecule has 4 heteroatoms. The maximum absolute atomic E-state index is 6.02. The number of aromatic nitrogens is 2. The molecule has 0 N–H and O–H groups in total. The highest BCUT2D eigenvalue weighted by Gasteiger charge is 2.28. The smallest absolute Gasteiger partial charge is 0.0764 e. The van der Waals surface area contributed by atoms with Gasteiger partial charge in [0.1, 0.15) is 0 Å². The highest BCUT2D eigenvalue weighted by Crippen LogP contribution is 2.32. The molecule has 0 aromatic carbocycles. The summed E-state index contributed by atoms with van der Waals surface area (Å²) >= 11 is 6.02. The molecular weight excluding hydrogens is 258 g/mol. The van der Waals surface area contributed by atoms with Crippen molar-refractivity contribution < 1.29 is 0 Å². The first kappa shape index (κ1) is 14.9. The predicted octanol–water partition coefficient (Wildman–Crippen LogP) is 3.69. The van der Waals surface area contributed by atoms with Crippen LogP contribution in [0, 0.1) is 5.92 Å². The van der Waals surface area contributed by atoms with Crippen LogP contribution >= 0.6 is 11.6 Å². The quantitative estimate of drug-likeness (QED) is 0.712. The number of halogens is 1. The fourth-order valence-electron chi connectivity index (χ4n) is 2.91. The second-order valence-corrected chi connectivity index (χ2v) is 6.51. The standard InChI is InChI=1S/C15H26ClN3/c1-4-15(5-2)19-7-6-14(17-19)11-18(3)10-12-8-13(16)9-12/h6-7,12-13,15H,4-5,8-11H2,1-3H3. The van der Waals surface area contributed by atoms with Crippen molar-refractivity contribution in [2.24, 2.45) is 5.92 Å². The lowest BCUT2D eigenvalue weighted by Gasteiger charge is -2.33. The van der Waals surface area contributed by atoms with E-state index in [9.17, 15) is 0 Å². The van der Waals surface area contributed by atoms with Gasteiger partial charge in [0, 0.05) is 24.7 Å². The Bertz CT molecular complexity index is 380. The molecule has 0 spiro atoms. The molecule has 0 unspecified atom stereocenters. The third-order valence-corrected chi connectivity index (χ3v) is 4.52. The maximum Gasteiger partial charge on any atom is 0.0764 e. The first-order valence-electron chi connectivity index (χ1n) is 7.49. The summed E-state index contributed by atoms with van der Waals surface area (Å²) in [7, 11) is 2.18. The topological polar surface area (TPSA) is 21.1 Å². The van der Waals surface area contributed by atoms with E-state index < -0.39 is 0 Å². The molecule has 1 fully saturated rings. The first-order chi connectivity index (χ1) is 9.12. The number of hydrogen-bond donors (Lipinski definition) is 0. The van der Waals surface area contributed by atoms with E-state index in [4.69, 9.17) is 16.7 Å². The number of rotatable bonds is 7. The van der Waals surface area contributed by atoms with Gasteiger partial charge in [0.2, 0.25) is 0 Å². The van der Waals surface area contributed by atoms with Crippen LogP contribution in [0.4, 0.5) is 0 Å². The first-order valence-corrected chi connectivity index (χ1v) is 7.92. The third kappa shape index (κ3) is 3.96. The van der Waals surface area contributed by atoms with Crippen molar-refractivity contribution in [2.75, 3.05) is 13.6 Å². The molecule has 1 heterocycles. The fourth-order valence-corrected chi connectivity index (χ4v) is 3.42. The van der Waals surface area contributed by atoms with Gasteiger partial charge < -0.3 is 4.90 Å². The number of hydrogen-bond acceptors (Lipinski definition) is 2. The Hall–Kier alpha value is -0.540. The third-order valence-electron chi connectivity index (χ3n) is 4.16. The minimum atomic E-state index is 0.424. The van der Waals surface area contributed by atoms with Crippen molar-refractivity contribution in [3.05, 3.63) is 18.0 Å². The summed E-state index contributed by atoms with van der Waals surface area (Å²) in [5.41, 5.74) is 1.18. The summed E-state index contributed by atoms with van der Waals surface area (Å²) in [6.45, 7) is 6.53. The molecule has 3 nitrogen and oxygen atoms in total. The Morgan fingerprint density at radius 1 is 1.42 bits per heavy atom. The van der Waals surface area contributed by atoms with E-state index in [1.54, 1.807) is 0 Å². The Balaban J connectivity index is 1.82. The lowest BCUT2D eigenvalue weighted by molar-refractivity contribution is 0.202. The predicted molar refractivity (Wildman–Crippen MR) is 80.5 cm³/mol. The molecule has 0 atom stereocenters. The van der Waals surface area contributed by atoms with Gasteiger partial charge in [0.15, 0.2) is 0 Å². The normalized spacial score (nSPS) is 23.1. The zero-order chi connectivity index (χ0) is 13.8. The van der Waals surface area contributed by atoms with E-state index in [1.165, 1.54) is 18.5 Å². The van der Waals surface area contributed by atoms with Crippen LogP contribution in [0.1, 0.15) is 51.3 Å². The molecule has 1 aromatic heterocycles. The van der Waals surface area contributed by atoms with E-state index in [-0.39, 0.29) is 0 Å². The minimum absolute atomic E-state index is 0.424. The van der Waals surface area contributed by atoms with Gasteiger partial charge in [-0.05, 0) is 44.7 Å². The van der Waals surface area contributed by atoms with Crippen LogP contribution in [-0.2, 0) is 6.54 Å². The van der Waals surface area contributed by atoms with Crippen molar-refractivity contribution in [3.63, 3.8) is 0 Å². The summed E-state index contributed by atoms with van der Waals surface area (Å²) in [5, 5.41) is 5.13. The van der Waals surface area contributed by atoms with Gasteiger partial charge in [-0.1, -0.05) is 13.8 Å².